The minimum absolute atomic E-state index is 0.0119. The van der Waals surface area contributed by atoms with Gasteiger partial charge in [-0.25, -0.2) is 4.79 Å². The van der Waals surface area contributed by atoms with Gasteiger partial charge in [0.15, 0.2) is 5.75 Å². The molecule has 36 heavy (non-hydrogen) atoms. The van der Waals surface area contributed by atoms with Gasteiger partial charge in [-0.2, -0.15) is 0 Å². The number of carbonyl (C=O) groups is 2. The van der Waals surface area contributed by atoms with Crippen LogP contribution < -0.4 is 14.8 Å². The van der Waals surface area contributed by atoms with Crippen LogP contribution >= 0.6 is 11.6 Å². The zero-order valence-corrected chi connectivity index (χ0v) is 19.9. The smallest absolute Gasteiger partial charge is 0.347 e. The maximum Gasteiger partial charge on any atom is 0.347 e. The number of hydrogen-bond donors (Lipinski definition) is 2. The van der Waals surface area contributed by atoms with Gasteiger partial charge in [0.1, 0.15) is 17.1 Å². The molecule has 5 aromatic rings. The Kier molecular flexibility index (Phi) is 6.19. The lowest BCUT2D eigenvalue weighted by molar-refractivity contribution is 0.0731. The average Bonchev–Trinajstić information content (AvgIpc) is 2.88. The molecule has 0 aliphatic carbocycles. The average molecular weight is 498 g/mol. The van der Waals surface area contributed by atoms with E-state index < -0.39 is 11.9 Å². The Bertz CT molecular complexity index is 1650. The predicted molar refractivity (Wildman–Crippen MR) is 140 cm³/mol. The van der Waals surface area contributed by atoms with E-state index in [4.69, 9.17) is 21.1 Å². The summed E-state index contributed by atoms with van der Waals surface area (Å²) in [5.41, 5.74) is 0.533. The molecule has 0 atom stereocenters. The summed E-state index contributed by atoms with van der Waals surface area (Å²) < 4.78 is 11.0. The van der Waals surface area contributed by atoms with E-state index >= 15 is 0 Å². The van der Waals surface area contributed by atoms with Gasteiger partial charge in [0, 0.05) is 11.1 Å². The molecule has 6 nitrogen and oxygen atoms in total. The number of aromatic hydroxyl groups is 1. The van der Waals surface area contributed by atoms with E-state index in [2.05, 4.69) is 5.32 Å². The van der Waals surface area contributed by atoms with Crippen molar-refractivity contribution in [1.29, 1.82) is 0 Å². The van der Waals surface area contributed by atoms with Crippen LogP contribution in [0.25, 0.3) is 21.5 Å². The highest BCUT2D eigenvalue weighted by Gasteiger charge is 2.20. The van der Waals surface area contributed by atoms with E-state index in [0.29, 0.717) is 16.3 Å². The van der Waals surface area contributed by atoms with Gasteiger partial charge in [0.05, 0.1) is 18.4 Å². The Morgan fingerprint density at radius 3 is 1.97 bits per heavy atom. The molecule has 0 aliphatic heterocycles. The lowest BCUT2D eigenvalue weighted by Crippen LogP contribution is -2.16. The summed E-state index contributed by atoms with van der Waals surface area (Å²) in [4.78, 5) is 26.2. The molecule has 5 aromatic carbocycles. The molecular weight excluding hydrogens is 478 g/mol. The minimum atomic E-state index is -0.792. The van der Waals surface area contributed by atoms with Gasteiger partial charge in [-0.3, -0.25) is 4.79 Å². The summed E-state index contributed by atoms with van der Waals surface area (Å²) in [5.74, 6) is -1.02. The Labute approximate surface area is 211 Å². The van der Waals surface area contributed by atoms with E-state index in [1.165, 1.54) is 25.3 Å². The summed E-state index contributed by atoms with van der Waals surface area (Å²) in [5, 5.41) is 16.9. The molecule has 0 heterocycles. The first-order valence-electron chi connectivity index (χ1n) is 11.0. The summed E-state index contributed by atoms with van der Waals surface area (Å²) in [6.45, 7) is 0. The van der Waals surface area contributed by atoms with E-state index in [1.807, 2.05) is 48.5 Å². The highest BCUT2D eigenvalue weighted by molar-refractivity contribution is 6.31. The van der Waals surface area contributed by atoms with Crippen molar-refractivity contribution in [3.8, 4) is 17.2 Å². The quantitative estimate of drug-likeness (QED) is 0.205. The number of ether oxygens (including phenoxy) is 2. The number of hydrogen-bond acceptors (Lipinski definition) is 5. The van der Waals surface area contributed by atoms with Crippen LogP contribution in [0.4, 0.5) is 5.69 Å². The molecule has 0 bridgehead atoms. The number of amides is 1. The number of rotatable bonds is 5. The summed E-state index contributed by atoms with van der Waals surface area (Å²) in [6, 6.07) is 26.0. The van der Waals surface area contributed by atoms with Gasteiger partial charge >= 0.3 is 5.97 Å². The van der Waals surface area contributed by atoms with Crippen LogP contribution in [0.5, 0.6) is 17.2 Å². The number of benzene rings is 5. The van der Waals surface area contributed by atoms with Crippen LogP contribution in [0, 0.1) is 0 Å². The van der Waals surface area contributed by atoms with Crippen molar-refractivity contribution < 1.29 is 24.2 Å². The van der Waals surface area contributed by atoms with Gasteiger partial charge in [0.25, 0.3) is 5.91 Å². The van der Waals surface area contributed by atoms with Crippen LogP contribution in [0.15, 0.2) is 91.0 Å². The monoisotopic (exact) mass is 497 g/mol. The molecule has 0 saturated heterocycles. The fraction of sp³-hybridized carbons (Fsp3) is 0.0345. The third-order valence-electron chi connectivity index (χ3n) is 5.79. The van der Waals surface area contributed by atoms with Crippen molar-refractivity contribution in [1.82, 2.24) is 0 Å². The topological polar surface area (TPSA) is 84.9 Å². The molecule has 0 spiro atoms. The predicted octanol–water partition coefficient (Wildman–Crippen LogP) is 6.83. The molecule has 7 heteroatoms. The number of fused-ring (bicyclic) bond motifs is 2. The Morgan fingerprint density at radius 2 is 1.33 bits per heavy atom. The molecule has 0 unspecified atom stereocenters. The molecule has 0 aliphatic rings. The lowest BCUT2D eigenvalue weighted by atomic mass is 10.1. The van der Waals surface area contributed by atoms with E-state index in [0.717, 1.165) is 21.5 Å². The summed E-state index contributed by atoms with van der Waals surface area (Å²) in [6.07, 6.45) is 0. The first-order valence-corrected chi connectivity index (χ1v) is 11.4. The number of nitrogens with one attached hydrogen (secondary N) is 1. The third kappa shape index (κ3) is 4.54. The molecule has 2 N–H and O–H groups in total. The second-order valence-corrected chi connectivity index (χ2v) is 8.54. The van der Waals surface area contributed by atoms with Gasteiger partial charge in [-0.15, -0.1) is 0 Å². The van der Waals surface area contributed by atoms with Crippen molar-refractivity contribution in [3.63, 3.8) is 0 Å². The molecule has 0 saturated carbocycles. The number of phenols is 1. The molecule has 0 radical (unpaired) electrons. The number of halogens is 1. The summed E-state index contributed by atoms with van der Waals surface area (Å²) >= 11 is 6.15. The van der Waals surface area contributed by atoms with Gasteiger partial charge in [-0.05, 0) is 57.9 Å². The molecule has 178 valence electrons. The van der Waals surface area contributed by atoms with Crippen molar-refractivity contribution in [3.05, 3.63) is 107 Å². The number of phenolic OH excluding ortho intramolecular Hbond substituents is 1. The Morgan fingerprint density at radius 1 is 0.750 bits per heavy atom. The molecule has 0 fully saturated rings. The zero-order valence-electron chi connectivity index (χ0n) is 19.1. The largest absolute Gasteiger partial charge is 0.507 e. The maximum absolute atomic E-state index is 13.2. The first kappa shape index (κ1) is 23.2. The van der Waals surface area contributed by atoms with Crippen LogP contribution in [-0.4, -0.2) is 24.1 Å². The number of methoxy groups -OCH3 is 1. The normalized spacial score (nSPS) is 10.8. The molecule has 1 amide bonds. The van der Waals surface area contributed by atoms with Crippen LogP contribution in [0.1, 0.15) is 20.7 Å². The number of esters is 1. The first-order chi connectivity index (χ1) is 17.4. The van der Waals surface area contributed by atoms with Crippen molar-refractivity contribution in [2.45, 2.75) is 0 Å². The minimum Gasteiger partial charge on any atom is -0.507 e. The second kappa shape index (κ2) is 9.60. The molecular formula is C29H20ClNO5. The number of anilines is 1. The lowest BCUT2D eigenvalue weighted by Gasteiger charge is -2.14. The van der Waals surface area contributed by atoms with Crippen molar-refractivity contribution in [2.24, 2.45) is 0 Å². The second-order valence-electron chi connectivity index (χ2n) is 8.10. The maximum atomic E-state index is 13.2. The van der Waals surface area contributed by atoms with E-state index in [9.17, 15) is 14.7 Å². The third-order valence-corrected chi connectivity index (χ3v) is 6.03. The van der Waals surface area contributed by atoms with Crippen molar-refractivity contribution in [2.75, 3.05) is 12.4 Å². The van der Waals surface area contributed by atoms with Gasteiger partial charge in [-0.1, -0.05) is 60.1 Å². The Balaban J connectivity index is 1.46. The van der Waals surface area contributed by atoms with Crippen molar-refractivity contribution >= 4 is 50.7 Å². The van der Waals surface area contributed by atoms with Gasteiger partial charge in [0.2, 0.25) is 0 Å². The zero-order chi connectivity index (χ0) is 25.2. The highest BCUT2D eigenvalue weighted by Crippen LogP contribution is 2.33. The fourth-order valence-electron chi connectivity index (χ4n) is 3.99. The van der Waals surface area contributed by atoms with Crippen LogP contribution in [0.2, 0.25) is 5.02 Å². The standard InChI is InChI=1S/C29H20ClNO5/c1-35-26-15-20-9-5-3-7-18(20)13-23(26)28(33)31-24-11-10-21(30)16-27(24)36-29(34)22-12-17-6-2-4-8-19(17)14-25(22)32/h2-16,32H,1H3,(H,31,33). The SMILES string of the molecule is COc1cc2ccccc2cc1C(=O)Nc1ccc(Cl)cc1OC(=O)c1cc2ccccc2cc1O. The van der Waals surface area contributed by atoms with Crippen LogP contribution in [-0.2, 0) is 0 Å². The summed E-state index contributed by atoms with van der Waals surface area (Å²) in [7, 11) is 1.49. The fourth-order valence-corrected chi connectivity index (χ4v) is 4.15. The molecule has 5 rings (SSSR count). The van der Waals surface area contributed by atoms with Gasteiger partial charge < -0.3 is 19.9 Å². The van der Waals surface area contributed by atoms with E-state index in [-0.39, 0.29) is 22.7 Å². The number of carbonyl (C=O) groups excluding carboxylic acids is 2. The van der Waals surface area contributed by atoms with E-state index in [1.54, 1.807) is 24.3 Å². The van der Waals surface area contributed by atoms with Crippen LogP contribution in [0.3, 0.4) is 0 Å². The highest BCUT2D eigenvalue weighted by atomic mass is 35.5. The molecule has 0 aromatic heterocycles. The Hall–Kier alpha value is -4.55.